The highest BCUT2D eigenvalue weighted by atomic mass is 19.1. The second-order valence-electron chi connectivity index (χ2n) is 8.74. The van der Waals surface area contributed by atoms with E-state index in [1.54, 1.807) is 23.2 Å². The maximum Gasteiger partial charge on any atom is 0.277 e. The maximum absolute atomic E-state index is 14.8. The molecular weight excluding hydrogens is 359 g/mol. The molecule has 2 amide bonds. The number of pyridine rings is 1. The lowest BCUT2D eigenvalue weighted by Crippen LogP contribution is -2.51. The van der Waals surface area contributed by atoms with Gasteiger partial charge < -0.3 is 9.80 Å². The van der Waals surface area contributed by atoms with Crippen LogP contribution < -0.4 is 0 Å². The third-order valence-corrected chi connectivity index (χ3v) is 6.57. The summed E-state index contributed by atoms with van der Waals surface area (Å²) in [4.78, 5) is 34.0. The minimum atomic E-state index is -0.633. The number of carbonyl (C=O) groups excluding carboxylic acids is 2. The molecule has 0 unspecified atom stereocenters. The average Bonchev–Trinajstić information content (AvgIpc) is 3.30. The molecule has 0 aromatic carbocycles. The van der Waals surface area contributed by atoms with Gasteiger partial charge in [0.2, 0.25) is 11.9 Å². The molecule has 6 nitrogen and oxygen atoms in total. The number of carbonyl (C=O) groups is 2. The minimum absolute atomic E-state index is 0.152. The predicted molar refractivity (Wildman–Crippen MR) is 101 cm³/mol. The molecule has 28 heavy (non-hydrogen) atoms. The van der Waals surface area contributed by atoms with Crippen molar-refractivity contribution in [2.45, 2.75) is 39.0 Å². The third kappa shape index (κ3) is 2.79. The van der Waals surface area contributed by atoms with Crippen molar-refractivity contribution in [2.24, 2.45) is 11.3 Å². The van der Waals surface area contributed by atoms with Gasteiger partial charge in [0, 0.05) is 32.4 Å². The molecule has 2 saturated heterocycles. The van der Waals surface area contributed by atoms with Gasteiger partial charge in [-0.1, -0.05) is 0 Å². The van der Waals surface area contributed by atoms with Crippen molar-refractivity contribution in [3.63, 3.8) is 0 Å². The Hall–Kier alpha value is -2.44. The Bertz CT molecular complexity index is 967. The fourth-order valence-electron chi connectivity index (χ4n) is 4.77. The largest absolute Gasteiger partial charge is 0.342 e. The number of amides is 2. The standard InChI is InChI=1S/C21H25FN4O2/c1-14-5-9-26-16(11-14)23-17(18(26)22)19(27)25-10-7-21(13-25)6-2-8-24(20(21)28)12-15-3-4-15/h5,9,11,15H,2-4,6-8,10,12-13H2,1H3/t21-/m0/s1. The maximum atomic E-state index is 14.8. The molecule has 2 aromatic heterocycles. The van der Waals surface area contributed by atoms with Crippen LogP contribution in [-0.4, -0.2) is 57.2 Å². The van der Waals surface area contributed by atoms with Gasteiger partial charge in [-0.2, -0.15) is 4.39 Å². The van der Waals surface area contributed by atoms with Crippen LogP contribution >= 0.6 is 0 Å². The summed E-state index contributed by atoms with van der Waals surface area (Å²) in [7, 11) is 0. The lowest BCUT2D eigenvalue weighted by molar-refractivity contribution is -0.145. The molecule has 1 spiro atoms. The van der Waals surface area contributed by atoms with Crippen LogP contribution in [0.3, 0.4) is 0 Å². The predicted octanol–water partition coefficient (Wildman–Crippen LogP) is 2.65. The van der Waals surface area contributed by atoms with E-state index in [1.165, 1.54) is 17.2 Å². The molecule has 1 aliphatic carbocycles. The second-order valence-corrected chi connectivity index (χ2v) is 8.74. The van der Waals surface area contributed by atoms with Crippen LogP contribution in [0.15, 0.2) is 18.3 Å². The van der Waals surface area contributed by atoms with E-state index in [0.717, 1.165) is 31.5 Å². The molecule has 2 aromatic rings. The SMILES string of the molecule is Cc1ccn2c(F)c(C(=O)N3CC[C@@]4(CCCN(CC5CC5)C4=O)C3)nc2c1. The smallest absolute Gasteiger partial charge is 0.277 e. The van der Waals surface area contributed by atoms with Crippen LogP contribution in [0.2, 0.25) is 0 Å². The molecule has 2 aliphatic heterocycles. The van der Waals surface area contributed by atoms with Gasteiger partial charge in [-0.3, -0.25) is 14.0 Å². The van der Waals surface area contributed by atoms with E-state index in [4.69, 9.17) is 0 Å². The van der Waals surface area contributed by atoms with Crippen molar-refractivity contribution in [1.29, 1.82) is 0 Å². The number of aryl methyl sites for hydroxylation is 1. The molecule has 1 saturated carbocycles. The summed E-state index contributed by atoms with van der Waals surface area (Å²) in [5, 5.41) is 0. The normalized spacial score (nSPS) is 25.3. The van der Waals surface area contributed by atoms with Gasteiger partial charge in [-0.15, -0.1) is 0 Å². The lowest BCUT2D eigenvalue weighted by atomic mass is 9.78. The van der Waals surface area contributed by atoms with Crippen LogP contribution in [0.25, 0.3) is 5.65 Å². The molecule has 0 N–H and O–H groups in total. The molecular formula is C21H25FN4O2. The Morgan fingerprint density at radius 3 is 2.93 bits per heavy atom. The molecule has 148 valence electrons. The molecule has 3 aliphatic rings. The monoisotopic (exact) mass is 384 g/mol. The average molecular weight is 384 g/mol. The van der Waals surface area contributed by atoms with Gasteiger partial charge in [0.05, 0.1) is 5.41 Å². The third-order valence-electron chi connectivity index (χ3n) is 6.57. The molecule has 5 rings (SSSR count). The number of likely N-dealkylation sites (tertiary alicyclic amines) is 2. The Kier molecular flexibility index (Phi) is 3.96. The Balaban J connectivity index is 1.37. The first-order valence-corrected chi connectivity index (χ1v) is 10.2. The quantitative estimate of drug-likeness (QED) is 0.818. The summed E-state index contributed by atoms with van der Waals surface area (Å²) in [5.41, 5.74) is 0.745. The van der Waals surface area contributed by atoms with Crippen molar-refractivity contribution in [1.82, 2.24) is 19.2 Å². The van der Waals surface area contributed by atoms with E-state index in [1.807, 2.05) is 11.8 Å². The van der Waals surface area contributed by atoms with Crippen molar-refractivity contribution in [3.8, 4) is 0 Å². The van der Waals surface area contributed by atoms with Gasteiger partial charge in [0.15, 0.2) is 5.69 Å². The summed E-state index contributed by atoms with van der Waals surface area (Å²) < 4.78 is 16.1. The van der Waals surface area contributed by atoms with Crippen LogP contribution in [0, 0.1) is 24.2 Å². The topological polar surface area (TPSA) is 57.9 Å². The highest BCUT2D eigenvalue weighted by Gasteiger charge is 2.50. The van der Waals surface area contributed by atoms with Gasteiger partial charge in [0.25, 0.3) is 5.91 Å². The van der Waals surface area contributed by atoms with Crippen molar-refractivity contribution in [3.05, 3.63) is 35.5 Å². The number of hydrogen-bond acceptors (Lipinski definition) is 3. The zero-order valence-electron chi connectivity index (χ0n) is 16.2. The Morgan fingerprint density at radius 2 is 2.14 bits per heavy atom. The van der Waals surface area contributed by atoms with Crippen LogP contribution in [0.5, 0.6) is 0 Å². The number of piperidine rings is 1. The van der Waals surface area contributed by atoms with Crippen LogP contribution in [0.1, 0.15) is 48.2 Å². The molecule has 4 heterocycles. The molecule has 3 fully saturated rings. The highest BCUT2D eigenvalue weighted by molar-refractivity contribution is 5.94. The summed E-state index contributed by atoms with van der Waals surface area (Å²) >= 11 is 0. The first-order valence-electron chi connectivity index (χ1n) is 10.2. The summed E-state index contributed by atoms with van der Waals surface area (Å²) in [6.07, 6.45) is 6.47. The summed E-state index contributed by atoms with van der Waals surface area (Å²) in [5.74, 6) is -0.199. The minimum Gasteiger partial charge on any atom is -0.342 e. The fraction of sp³-hybridized carbons (Fsp3) is 0.571. The van der Waals surface area contributed by atoms with E-state index in [-0.39, 0.29) is 11.6 Å². The van der Waals surface area contributed by atoms with Gasteiger partial charge in [-0.25, -0.2) is 4.98 Å². The number of hydrogen-bond donors (Lipinski definition) is 0. The fourth-order valence-corrected chi connectivity index (χ4v) is 4.77. The molecule has 7 heteroatoms. The van der Waals surface area contributed by atoms with Crippen molar-refractivity contribution in [2.75, 3.05) is 26.2 Å². The second kappa shape index (κ2) is 6.29. The van der Waals surface area contributed by atoms with Crippen molar-refractivity contribution < 1.29 is 14.0 Å². The number of nitrogens with zero attached hydrogens (tertiary/aromatic N) is 4. The van der Waals surface area contributed by atoms with Crippen LogP contribution in [-0.2, 0) is 4.79 Å². The number of aromatic nitrogens is 2. The lowest BCUT2D eigenvalue weighted by Gasteiger charge is -2.39. The van der Waals surface area contributed by atoms with E-state index in [0.29, 0.717) is 31.1 Å². The molecule has 0 bridgehead atoms. The number of rotatable bonds is 3. The highest BCUT2D eigenvalue weighted by Crippen LogP contribution is 2.42. The van der Waals surface area contributed by atoms with Gasteiger partial charge in [-0.05, 0) is 62.6 Å². The van der Waals surface area contributed by atoms with E-state index < -0.39 is 17.3 Å². The van der Waals surface area contributed by atoms with E-state index in [9.17, 15) is 14.0 Å². The van der Waals surface area contributed by atoms with E-state index >= 15 is 0 Å². The Labute approximate surface area is 163 Å². The summed E-state index contributed by atoms with van der Waals surface area (Å²) in [6, 6.07) is 3.54. The van der Waals surface area contributed by atoms with Gasteiger partial charge >= 0.3 is 0 Å². The molecule has 0 radical (unpaired) electrons. The zero-order valence-corrected chi connectivity index (χ0v) is 16.2. The Morgan fingerprint density at radius 1 is 1.32 bits per heavy atom. The van der Waals surface area contributed by atoms with Gasteiger partial charge in [0.1, 0.15) is 5.65 Å². The first-order chi connectivity index (χ1) is 13.5. The number of fused-ring (bicyclic) bond motifs is 1. The van der Waals surface area contributed by atoms with E-state index in [2.05, 4.69) is 4.98 Å². The summed E-state index contributed by atoms with van der Waals surface area (Å²) in [6.45, 7) is 4.44. The first kappa shape index (κ1) is 17.6. The number of halogens is 1. The van der Waals surface area contributed by atoms with Crippen molar-refractivity contribution >= 4 is 17.5 Å². The van der Waals surface area contributed by atoms with Crippen LogP contribution in [0.4, 0.5) is 4.39 Å². The number of imidazole rings is 1. The zero-order chi connectivity index (χ0) is 19.5. The molecule has 1 atom stereocenters.